The molecule has 8 heterocycles. The third kappa shape index (κ3) is 5.28. The normalized spacial score (nSPS) is 17.0. The van der Waals surface area contributed by atoms with E-state index < -0.39 is 0 Å². The maximum atomic E-state index is 9.30. The first-order valence-electron chi connectivity index (χ1n) is 18.0. The Kier molecular flexibility index (Phi) is 8.24. The van der Waals surface area contributed by atoms with Crippen LogP contribution in [-0.4, -0.2) is 0 Å². The Morgan fingerprint density at radius 1 is 0.500 bits per heavy atom. The molecule has 0 N–H and O–H groups in total. The lowest BCUT2D eigenvalue weighted by molar-refractivity contribution is 0.0258. The van der Waals surface area contributed by atoms with Gasteiger partial charge in [0.15, 0.2) is 0 Å². The van der Waals surface area contributed by atoms with Crippen LogP contribution in [0.1, 0.15) is 85.1 Å². The van der Waals surface area contributed by atoms with Crippen molar-refractivity contribution >= 4 is 89.6 Å². The molecule has 10 rings (SSSR count). The summed E-state index contributed by atoms with van der Waals surface area (Å²) in [7, 11) is 0. The summed E-state index contributed by atoms with van der Waals surface area (Å²) in [5.74, 6) is 1.95. The Labute approximate surface area is 336 Å². The van der Waals surface area contributed by atoms with Crippen LogP contribution in [0.2, 0.25) is 0 Å². The monoisotopic (exact) mass is 812 g/mol. The quantitative estimate of drug-likeness (QED) is 0.164. The fraction of sp³-hybridized carbons (Fsp3) is 0.286. The summed E-state index contributed by atoms with van der Waals surface area (Å²) in [6.45, 7) is 0. The van der Waals surface area contributed by atoms with Crippen molar-refractivity contribution in [3.63, 3.8) is 0 Å². The van der Waals surface area contributed by atoms with Crippen LogP contribution in [0.4, 0.5) is 0 Å². The van der Waals surface area contributed by atoms with Crippen molar-refractivity contribution in [1.82, 2.24) is 0 Å². The van der Waals surface area contributed by atoms with Crippen molar-refractivity contribution in [1.29, 1.82) is 21.0 Å². The zero-order chi connectivity index (χ0) is 36.6. The Morgan fingerprint density at radius 3 is 1.30 bits per heavy atom. The SMILES string of the molecule is N#CC(C#N)=Cc1ccc(-c2cc3c(s2)-c2sc4c5c(sc4c2C2(CCCCC2)O3)-c2sc(-c3ccc(C=C(C#N)C#N)s3)cc2OC52CCCCC2)s1. The highest BCUT2D eigenvalue weighted by atomic mass is 32.1. The first kappa shape index (κ1) is 34.0. The number of thiophene rings is 6. The molecule has 2 aliphatic carbocycles. The molecule has 0 saturated heterocycles. The Bertz CT molecular complexity index is 2540. The van der Waals surface area contributed by atoms with Crippen LogP contribution in [0.25, 0.3) is 60.6 Å². The van der Waals surface area contributed by atoms with Crippen molar-refractivity contribution in [2.24, 2.45) is 0 Å². The number of ether oxygens (including phenoxy) is 2. The van der Waals surface area contributed by atoms with Gasteiger partial charge in [0.05, 0.1) is 28.9 Å². The fourth-order valence-corrected chi connectivity index (χ4v) is 16.4. The summed E-state index contributed by atoms with van der Waals surface area (Å²) >= 11 is 10.7. The maximum Gasteiger partial charge on any atom is 0.140 e. The lowest BCUT2D eigenvalue weighted by atomic mass is 9.76. The molecule has 2 saturated carbocycles. The van der Waals surface area contributed by atoms with Crippen LogP contribution < -0.4 is 9.47 Å². The van der Waals surface area contributed by atoms with Crippen LogP contribution in [0.5, 0.6) is 11.5 Å². The van der Waals surface area contributed by atoms with E-state index in [2.05, 4.69) is 24.3 Å². The van der Waals surface area contributed by atoms with Gasteiger partial charge >= 0.3 is 0 Å². The van der Waals surface area contributed by atoms with Gasteiger partial charge in [0.25, 0.3) is 0 Å². The van der Waals surface area contributed by atoms with Gasteiger partial charge in [-0.15, -0.1) is 68.0 Å². The lowest BCUT2D eigenvalue weighted by Crippen LogP contribution is -2.37. The van der Waals surface area contributed by atoms with E-state index in [1.165, 1.54) is 52.9 Å². The minimum atomic E-state index is -0.362. The van der Waals surface area contributed by atoms with Crippen LogP contribution in [0.15, 0.2) is 47.5 Å². The highest BCUT2D eigenvalue weighted by Gasteiger charge is 2.50. The second kappa shape index (κ2) is 13.1. The van der Waals surface area contributed by atoms with Crippen LogP contribution in [0.3, 0.4) is 0 Å². The third-order valence-corrected chi connectivity index (χ3v) is 18.5. The zero-order valence-electron chi connectivity index (χ0n) is 28.7. The molecule has 0 radical (unpaired) electrons. The number of rotatable bonds is 4. The first-order valence-corrected chi connectivity index (χ1v) is 22.9. The second-order valence-electron chi connectivity index (χ2n) is 14.2. The standard InChI is InChI=1S/C42H28N4O2S6/c43-19-23(20-44)15-25-7-9-29(49-25)31-17-27-35(51-31)37-33(41(47-27)11-3-1-4-12-41)39-40(53-37)34-38(54-39)36-28(48-42(34)13-5-2-6-14-42)18-32(52-36)30-10-8-26(50-30)16-24(21-45)22-46/h7-10,15-18H,1-6,11-14H2. The predicted molar refractivity (Wildman–Crippen MR) is 222 cm³/mol. The lowest BCUT2D eigenvalue weighted by Gasteiger charge is -2.41. The highest BCUT2D eigenvalue weighted by Crippen LogP contribution is 2.66. The van der Waals surface area contributed by atoms with Gasteiger partial charge in [0.1, 0.15) is 58.1 Å². The zero-order valence-corrected chi connectivity index (χ0v) is 33.6. The minimum Gasteiger partial charge on any atom is -0.481 e. The molecular weight excluding hydrogens is 785 g/mol. The predicted octanol–water partition coefficient (Wildman–Crippen LogP) is 13.8. The second-order valence-corrected chi connectivity index (χ2v) is 20.5. The van der Waals surface area contributed by atoms with Gasteiger partial charge in [0.2, 0.25) is 0 Å². The van der Waals surface area contributed by atoms with Gasteiger partial charge in [-0.2, -0.15) is 21.0 Å². The van der Waals surface area contributed by atoms with Gasteiger partial charge in [-0.1, -0.05) is 12.8 Å². The Hall–Kier alpha value is -4.50. The summed E-state index contributed by atoms with van der Waals surface area (Å²) in [5, 5.41) is 37.2. The van der Waals surface area contributed by atoms with E-state index in [0.717, 1.165) is 92.1 Å². The Morgan fingerprint density at radius 2 is 0.907 bits per heavy atom. The number of nitrogens with zero attached hydrogens (tertiary/aromatic N) is 4. The summed E-state index contributed by atoms with van der Waals surface area (Å²) in [6, 6.07) is 20.5. The van der Waals surface area contributed by atoms with Crippen molar-refractivity contribution in [2.45, 2.75) is 75.4 Å². The van der Waals surface area contributed by atoms with E-state index in [4.69, 9.17) is 9.47 Å². The van der Waals surface area contributed by atoms with Crippen LogP contribution in [0, 0.1) is 45.3 Å². The summed E-state index contributed by atoms with van der Waals surface area (Å²) in [5.41, 5.74) is 2.25. The third-order valence-electron chi connectivity index (χ3n) is 11.0. The topological polar surface area (TPSA) is 114 Å². The Balaban J connectivity index is 1.13. The van der Waals surface area contributed by atoms with Gasteiger partial charge in [-0.3, -0.25) is 0 Å². The first-order chi connectivity index (χ1) is 26.4. The molecule has 6 nitrogen and oxygen atoms in total. The van der Waals surface area contributed by atoms with Crippen LogP contribution >= 0.6 is 68.0 Å². The molecule has 0 amide bonds. The number of nitriles is 4. The molecule has 0 aromatic carbocycles. The molecule has 54 heavy (non-hydrogen) atoms. The van der Waals surface area contributed by atoms with Crippen LogP contribution in [-0.2, 0) is 11.2 Å². The van der Waals surface area contributed by atoms with Crippen molar-refractivity contribution in [3.8, 4) is 74.8 Å². The largest absolute Gasteiger partial charge is 0.481 e. The number of hydrogen-bond donors (Lipinski definition) is 0. The molecule has 6 aromatic rings. The van der Waals surface area contributed by atoms with E-state index in [9.17, 15) is 21.0 Å². The fourth-order valence-electron chi connectivity index (χ4n) is 8.60. The van der Waals surface area contributed by atoms with Crippen molar-refractivity contribution < 1.29 is 9.47 Å². The molecule has 0 atom stereocenters. The average molecular weight is 813 g/mol. The van der Waals surface area contributed by atoms with E-state index in [1.807, 2.05) is 59.1 Å². The molecular formula is C42H28N4O2S6. The minimum absolute atomic E-state index is 0.105. The smallest absolute Gasteiger partial charge is 0.140 e. The van der Waals surface area contributed by atoms with Crippen molar-refractivity contribution in [3.05, 3.63) is 68.4 Å². The molecule has 4 aliphatic rings. The van der Waals surface area contributed by atoms with Gasteiger partial charge in [0, 0.05) is 52.5 Å². The summed E-state index contributed by atoms with van der Waals surface area (Å²) < 4.78 is 17.3. The summed E-state index contributed by atoms with van der Waals surface area (Å²) in [6.07, 6.45) is 14.3. The number of fused-ring (bicyclic) bond motifs is 11. The van der Waals surface area contributed by atoms with E-state index in [-0.39, 0.29) is 22.3 Å². The van der Waals surface area contributed by atoms with Gasteiger partial charge < -0.3 is 9.47 Å². The molecule has 2 aliphatic heterocycles. The highest BCUT2D eigenvalue weighted by molar-refractivity contribution is 7.35. The average Bonchev–Trinajstić information content (AvgIpc) is 4.04. The van der Waals surface area contributed by atoms with Crippen molar-refractivity contribution in [2.75, 3.05) is 0 Å². The molecule has 12 heteroatoms. The molecule has 0 unspecified atom stereocenters. The number of allylic oxidation sites excluding steroid dienone is 2. The molecule has 2 spiro atoms. The molecule has 0 bridgehead atoms. The van der Waals surface area contributed by atoms with E-state index in [0.29, 0.717) is 0 Å². The van der Waals surface area contributed by atoms with E-state index in [1.54, 1.807) is 57.5 Å². The van der Waals surface area contributed by atoms with Gasteiger partial charge in [-0.25, -0.2) is 0 Å². The maximum absolute atomic E-state index is 9.30. The molecule has 264 valence electrons. The van der Waals surface area contributed by atoms with Gasteiger partial charge in [-0.05, 0) is 87.8 Å². The molecule has 2 fully saturated rings. The number of hydrogen-bond acceptors (Lipinski definition) is 12. The molecule has 6 aromatic heterocycles. The summed E-state index contributed by atoms with van der Waals surface area (Å²) in [4.78, 5) is 11.4. The van der Waals surface area contributed by atoms with E-state index >= 15 is 0 Å².